The third kappa shape index (κ3) is 4.38. The predicted octanol–water partition coefficient (Wildman–Crippen LogP) is 1.83. The van der Waals surface area contributed by atoms with Crippen molar-refractivity contribution in [3.8, 4) is 12.3 Å². The summed E-state index contributed by atoms with van der Waals surface area (Å²) in [5.74, 6) is 2.04. The van der Waals surface area contributed by atoms with Crippen molar-refractivity contribution in [3.05, 3.63) is 34.8 Å². The van der Waals surface area contributed by atoms with Gasteiger partial charge < -0.3 is 0 Å². The summed E-state index contributed by atoms with van der Waals surface area (Å²) in [5.41, 5.74) is 0.312. The first-order valence-corrected chi connectivity index (χ1v) is 9.31. The maximum atomic E-state index is 12.2. The monoisotopic (exact) mass is 364 g/mol. The fraction of sp³-hybridized carbons (Fsp3) is 0.267. The van der Waals surface area contributed by atoms with Crippen LogP contribution in [0.2, 0.25) is 0 Å². The number of hydrogen-bond acceptors (Lipinski definition) is 6. The first-order valence-electron chi connectivity index (χ1n) is 7.01. The molecule has 0 atom stereocenters. The van der Waals surface area contributed by atoms with Gasteiger partial charge in [0.05, 0.1) is 11.4 Å². The second-order valence-corrected chi connectivity index (χ2v) is 7.88. The van der Waals surface area contributed by atoms with Crippen molar-refractivity contribution in [2.24, 2.45) is 0 Å². The number of nitrogens with zero attached hydrogens (tertiary/aromatic N) is 2. The minimum Gasteiger partial charge on any atom is -0.296 e. The van der Waals surface area contributed by atoms with Crippen LogP contribution in [0.15, 0.2) is 29.2 Å². The molecule has 7 nitrogen and oxygen atoms in total. The van der Waals surface area contributed by atoms with Crippen LogP contribution in [0.5, 0.6) is 0 Å². The van der Waals surface area contributed by atoms with E-state index in [1.165, 1.54) is 35.6 Å². The largest absolute Gasteiger partial charge is 0.296 e. The number of rotatable bonds is 6. The van der Waals surface area contributed by atoms with Gasteiger partial charge in [-0.05, 0) is 24.3 Å². The molecule has 0 saturated heterocycles. The molecule has 0 saturated carbocycles. The average Bonchev–Trinajstić information content (AvgIpc) is 3.02. The van der Waals surface area contributed by atoms with Crippen LogP contribution in [0.3, 0.4) is 0 Å². The molecule has 0 fully saturated rings. The zero-order chi connectivity index (χ0) is 17.7. The van der Waals surface area contributed by atoms with Crippen LogP contribution in [0.1, 0.15) is 35.1 Å². The molecule has 0 aliphatic carbocycles. The smallest absolute Gasteiger partial charge is 0.257 e. The molecular weight excluding hydrogens is 348 g/mol. The Morgan fingerprint density at radius 2 is 1.96 bits per heavy atom. The van der Waals surface area contributed by atoms with Gasteiger partial charge in [-0.2, -0.15) is 4.72 Å². The molecule has 1 heterocycles. The lowest BCUT2D eigenvalue weighted by Gasteiger charge is -2.05. The summed E-state index contributed by atoms with van der Waals surface area (Å²) in [6.45, 7) is 3.87. The lowest BCUT2D eigenvalue weighted by Crippen LogP contribution is -2.24. The zero-order valence-electron chi connectivity index (χ0n) is 13.1. The Morgan fingerprint density at radius 1 is 1.29 bits per heavy atom. The summed E-state index contributed by atoms with van der Waals surface area (Å²) in [6.07, 6.45) is 5.03. The maximum absolute atomic E-state index is 12.2. The zero-order valence-corrected chi connectivity index (χ0v) is 14.7. The van der Waals surface area contributed by atoms with E-state index in [1.54, 1.807) is 0 Å². The second kappa shape index (κ2) is 7.53. The van der Waals surface area contributed by atoms with Crippen LogP contribution in [0.4, 0.5) is 5.13 Å². The lowest BCUT2D eigenvalue weighted by molar-refractivity contribution is 0.102. The highest BCUT2D eigenvalue weighted by Gasteiger charge is 2.15. The van der Waals surface area contributed by atoms with Crippen molar-refractivity contribution >= 4 is 32.4 Å². The van der Waals surface area contributed by atoms with Crippen LogP contribution in [0.25, 0.3) is 0 Å². The summed E-state index contributed by atoms with van der Waals surface area (Å²) >= 11 is 1.30. The van der Waals surface area contributed by atoms with Crippen LogP contribution in [0, 0.1) is 12.3 Å². The molecular formula is C15H16N4O3S2. The molecule has 0 bridgehead atoms. The summed E-state index contributed by atoms with van der Waals surface area (Å²) in [7, 11) is -3.67. The SMILES string of the molecule is C#CCNS(=O)(=O)c1ccc(C(=O)Nc2nnc(C(C)C)s2)cc1. The highest BCUT2D eigenvalue weighted by Crippen LogP contribution is 2.23. The number of anilines is 1. The van der Waals surface area contributed by atoms with Gasteiger partial charge in [-0.25, -0.2) is 8.42 Å². The minimum absolute atomic E-state index is 0.0345. The van der Waals surface area contributed by atoms with E-state index in [2.05, 4.69) is 26.2 Å². The number of terminal acetylenes is 1. The molecule has 2 N–H and O–H groups in total. The van der Waals surface area contributed by atoms with Gasteiger partial charge in [0.25, 0.3) is 5.91 Å². The molecule has 0 aliphatic rings. The van der Waals surface area contributed by atoms with E-state index in [1.807, 2.05) is 13.8 Å². The quantitative estimate of drug-likeness (QED) is 0.762. The Kier molecular flexibility index (Phi) is 5.66. The second-order valence-electron chi connectivity index (χ2n) is 5.11. The first-order chi connectivity index (χ1) is 11.3. The molecule has 1 aromatic heterocycles. The Labute approximate surface area is 144 Å². The Hall–Kier alpha value is -2.28. The van der Waals surface area contributed by atoms with Gasteiger partial charge in [-0.1, -0.05) is 31.1 Å². The Morgan fingerprint density at radius 3 is 2.50 bits per heavy atom. The van der Waals surface area contributed by atoms with E-state index in [0.29, 0.717) is 10.7 Å². The molecule has 0 aliphatic heterocycles. The molecule has 24 heavy (non-hydrogen) atoms. The lowest BCUT2D eigenvalue weighted by atomic mass is 10.2. The summed E-state index contributed by atoms with van der Waals surface area (Å²) in [4.78, 5) is 12.2. The van der Waals surface area contributed by atoms with E-state index in [-0.39, 0.29) is 23.3 Å². The van der Waals surface area contributed by atoms with Gasteiger partial charge >= 0.3 is 0 Å². The fourth-order valence-electron chi connectivity index (χ4n) is 1.69. The van der Waals surface area contributed by atoms with Crippen LogP contribution < -0.4 is 10.0 Å². The predicted molar refractivity (Wildman–Crippen MR) is 92.4 cm³/mol. The third-order valence-electron chi connectivity index (χ3n) is 2.95. The van der Waals surface area contributed by atoms with E-state index < -0.39 is 10.0 Å². The summed E-state index contributed by atoms with van der Waals surface area (Å²) in [5, 5.41) is 11.8. The average molecular weight is 364 g/mol. The number of aromatic nitrogens is 2. The fourth-order valence-corrected chi connectivity index (χ4v) is 3.37. The van der Waals surface area contributed by atoms with Crippen molar-refractivity contribution in [2.75, 3.05) is 11.9 Å². The van der Waals surface area contributed by atoms with E-state index in [4.69, 9.17) is 6.42 Å². The molecule has 1 aromatic carbocycles. The molecule has 0 unspecified atom stereocenters. The van der Waals surface area contributed by atoms with Crippen molar-refractivity contribution in [1.82, 2.24) is 14.9 Å². The molecule has 0 radical (unpaired) electrons. The van der Waals surface area contributed by atoms with Gasteiger partial charge in [0.15, 0.2) is 0 Å². The van der Waals surface area contributed by atoms with Crippen LogP contribution >= 0.6 is 11.3 Å². The standard InChI is InChI=1S/C15H16N4O3S2/c1-4-9-16-24(21,22)12-7-5-11(6-8-12)13(20)17-15-19-18-14(23-15)10(2)3/h1,5-8,10,16H,9H2,2-3H3,(H,17,19,20). The number of carbonyl (C=O) groups excluding carboxylic acids is 1. The number of hydrogen-bond donors (Lipinski definition) is 2. The molecule has 2 rings (SSSR count). The molecule has 2 aromatic rings. The topological polar surface area (TPSA) is 101 Å². The van der Waals surface area contributed by atoms with Gasteiger partial charge in [0.2, 0.25) is 15.2 Å². The van der Waals surface area contributed by atoms with E-state index >= 15 is 0 Å². The molecule has 9 heteroatoms. The summed E-state index contributed by atoms with van der Waals surface area (Å²) < 4.78 is 26.1. The molecule has 126 valence electrons. The molecule has 1 amide bonds. The Bertz CT molecular complexity index is 865. The third-order valence-corrected chi connectivity index (χ3v) is 5.50. The normalized spacial score (nSPS) is 11.2. The Balaban J connectivity index is 2.09. The van der Waals surface area contributed by atoms with Gasteiger partial charge in [0, 0.05) is 11.5 Å². The number of nitrogens with one attached hydrogen (secondary N) is 2. The highest BCUT2D eigenvalue weighted by atomic mass is 32.2. The van der Waals surface area contributed by atoms with Crippen molar-refractivity contribution in [2.45, 2.75) is 24.7 Å². The van der Waals surface area contributed by atoms with Gasteiger partial charge in [-0.3, -0.25) is 10.1 Å². The number of amides is 1. The van der Waals surface area contributed by atoms with Crippen LogP contribution in [-0.2, 0) is 10.0 Å². The number of carbonyl (C=O) groups is 1. The highest BCUT2D eigenvalue weighted by molar-refractivity contribution is 7.89. The van der Waals surface area contributed by atoms with Crippen molar-refractivity contribution in [3.63, 3.8) is 0 Å². The number of benzene rings is 1. The van der Waals surface area contributed by atoms with Crippen molar-refractivity contribution in [1.29, 1.82) is 0 Å². The van der Waals surface area contributed by atoms with Gasteiger partial charge in [0.1, 0.15) is 5.01 Å². The van der Waals surface area contributed by atoms with E-state index in [9.17, 15) is 13.2 Å². The van der Waals surface area contributed by atoms with Gasteiger partial charge in [-0.15, -0.1) is 16.6 Å². The first kappa shape index (κ1) is 18.1. The summed E-state index contributed by atoms with van der Waals surface area (Å²) in [6, 6.07) is 5.52. The van der Waals surface area contributed by atoms with Crippen molar-refractivity contribution < 1.29 is 13.2 Å². The van der Waals surface area contributed by atoms with E-state index in [0.717, 1.165) is 5.01 Å². The van der Waals surface area contributed by atoms with Crippen LogP contribution in [-0.4, -0.2) is 31.1 Å². The maximum Gasteiger partial charge on any atom is 0.257 e. The molecule has 0 spiro atoms. The minimum atomic E-state index is -3.67. The number of sulfonamides is 1.